The SMILES string of the molecule is COCC(=O)NC1CCN(C(=O)CCCOc2ccc(C)cc2)CC1. The highest BCUT2D eigenvalue weighted by Crippen LogP contribution is 2.14. The Balaban J connectivity index is 1.60. The van der Waals surface area contributed by atoms with E-state index in [0.717, 1.165) is 18.6 Å². The summed E-state index contributed by atoms with van der Waals surface area (Å²) in [5.41, 5.74) is 1.20. The van der Waals surface area contributed by atoms with Crippen LogP contribution in [0.2, 0.25) is 0 Å². The lowest BCUT2D eigenvalue weighted by Crippen LogP contribution is -2.47. The maximum Gasteiger partial charge on any atom is 0.246 e. The monoisotopic (exact) mass is 348 g/mol. The van der Waals surface area contributed by atoms with Crippen LogP contribution in [0.5, 0.6) is 5.75 Å². The number of ether oxygens (including phenoxy) is 2. The van der Waals surface area contributed by atoms with E-state index >= 15 is 0 Å². The molecule has 0 aliphatic carbocycles. The minimum absolute atomic E-state index is 0.0835. The Hall–Kier alpha value is -2.08. The summed E-state index contributed by atoms with van der Waals surface area (Å²) in [4.78, 5) is 25.6. The molecule has 2 amide bonds. The average Bonchev–Trinajstić information content (AvgIpc) is 2.61. The van der Waals surface area contributed by atoms with Crippen LogP contribution in [-0.4, -0.2) is 56.2 Å². The summed E-state index contributed by atoms with van der Waals surface area (Å²) in [5, 5.41) is 2.93. The Morgan fingerprint density at radius 1 is 1.20 bits per heavy atom. The zero-order chi connectivity index (χ0) is 18.1. The van der Waals surface area contributed by atoms with Gasteiger partial charge in [-0.3, -0.25) is 9.59 Å². The topological polar surface area (TPSA) is 67.9 Å². The number of carbonyl (C=O) groups is 2. The predicted molar refractivity (Wildman–Crippen MR) is 95.5 cm³/mol. The summed E-state index contributed by atoms with van der Waals surface area (Å²) in [7, 11) is 1.50. The Morgan fingerprint density at radius 2 is 1.88 bits per heavy atom. The molecular weight excluding hydrogens is 320 g/mol. The van der Waals surface area contributed by atoms with Gasteiger partial charge in [0.2, 0.25) is 11.8 Å². The lowest BCUT2D eigenvalue weighted by atomic mass is 10.0. The van der Waals surface area contributed by atoms with Gasteiger partial charge in [0.15, 0.2) is 0 Å². The number of hydrogen-bond acceptors (Lipinski definition) is 4. The van der Waals surface area contributed by atoms with Crippen LogP contribution < -0.4 is 10.1 Å². The van der Waals surface area contributed by atoms with Gasteiger partial charge in [0.1, 0.15) is 12.4 Å². The van der Waals surface area contributed by atoms with E-state index in [1.54, 1.807) is 0 Å². The number of amides is 2. The van der Waals surface area contributed by atoms with Gasteiger partial charge in [-0.1, -0.05) is 17.7 Å². The second-order valence-corrected chi connectivity index (χ2v) is 6.42. The Labute approximate surface area is 149 Å². The van der Waals surface area contributed by atoms with Crippen molar-refractivity contribution in [1.29, 1.82) is 0 Å². The number of likely N-dealkylation sites (tertiary alicyclic amines) is 1. The van der Waals surface area contributed by atoms with E-state index in [-0.39, 0.29) is 24.5 Å². The second-order valence-electron chi connectivity index (χ2n) is 6.42. The van der Waals surface area contributed by atoms with Crippen molar-refractivity contribution >= 4 is 11.8 Å². The van der Waals surface area contributed by atoms with E-state index in [9.17, 15) is 9.59 Å². The summed E-state index contributed by atoms with van der Waals surface area (Å²) >= 11 is 0. The number of rotatable bonds is 8. The average molecular weight is 348 g/mol. The lowest BCUT2D eigenvalue weighted by Gasteiger charge is -2.32. The highest BCUT2D eigenvalue weighted by Gasteiger charge is 2.23. The molecule has 0 unspecified atom stereocenters. The molecule has 0 aromatic heterocycles. The molecule has 0 saturated carbocycles. The molecule has 0 spiro atoms. The number of methoxy groups -OCH3 is 1. The molecule has 1 aromatic rings. The fraction of sp³-hybridized carbons (Fsp3) is 0.579. The molecule has 1 heterocycles. The number of hydrogen-bond donors (Lipinski definition) is 1. The molecule has 1 aromatic carbocycles. The third-order valence-electron chi connectivity index (χ3n) is 4.31. The first-order valence-corrected chi connectivity index (χ1v) is 8.84. The number of benzene rings is 1. The molecule has 2 rings (SSSR count). The lowest BCUT2D eigenvalue weighted by molar-refractivity contribution is -0.132. The van der Waals surface area contributed by atoms with E-state index in [1.165, 1.54) is 12.7 Å². The van der Waals surface area contributed by atoms with E-state index in [1.807, 2.05) is 36.1 Å². The van der Waals surface area contributed by atoms with Gasteiger partial charge >= 0.3 is 0 Å². The predicted octanol–water partition coefficient (Wildman–Crippen LogP) is 1.91. The van der Waals surface area contributed by atoms with Gasteiger partial charge in [-0.2, -0.15) is 0 Å². The number of piperidine rings is 1. The molecule has 1 aliphatic heterocycles. The first kappa shape index (κ1) is 19.2. The third kappa shape index (κ3) is 6.74. The molecule has 0 radical (unpaired) electrons. The largest absolute Gasteiger partial charge is 0.494 e. The van der Waals surface area contributed by atoms with Crippen LogP contribution in [0, 0.1) is 6.92 Å². The first-order chi connectivity index (χ1) is 12.1. The Bertz CT molecular complexity index is 551. The second kappa shape index (κ2) is 10.0. The van der Waals surface area contributed by atoms with Crippen molar-refractivity contribution in [2.45, 2.75) is 38.6 Å². The van der Waals surface area contributed by atoms with Gasteiger partial charge in [0.25, 0.3) is 0 Å². The fourth-order valence-corrected chi connectivity index (χ4v) is 2.88. The first-order valence-electron chi connectivity index (χ1n) is 8.84. The molecule has 1 aliphatic rings. The summed E-state index contributed by atoms with van der Waals surface area (Å²) in [6, 6.07) is 8.04. The summed E-state index contributed by atoms with van der Waals surface area (Å²) in [6.45, 7) is 4.04. The van der Waals surface area contributed by atoms with Crippen LogP contribution >= 0.6 is 0 Å². The minimum Gasteiger partial charge on any atom is -0.494 e. The van der Waals surface area contributed by atoms with Crippen LogP contribution in [0.15, 0.2) is 24.3 Å². The van der Waals surface area contributed by atoms with Gasteiger partial charge < -0.3 is 19.7 Å². The number of aryl methyl sites for hydroxylation is 1. The van der Waals surface area contributed by atoms with Crippen LogP contribution in [0.1, 0.15) is 31.2 Å². The summed E-state index contributed by atoms with van der Waals surface area (Å²) in [5.74, 6) is 0.903. The molecule has 0 bridgehead atoms. The third-order valence-corrected chi connectivity index (χ3v) is 4.31. The Morgan fingerprint density at radius 3 is 2.52 bits per heavy atom. The van der Waals surface area contributed by atoms with E-state index in [2.05, 4.69) is 5.32 Å². The highest BCUT2D eigenvalue weighted by atomic mass is 16.5. The van der Waals surface area contributed by atoms with Crippen molar-refractivity contribution in [1.82, 2.24) is 10.2 Å². The van der Waals surface area contributed by atoms with Crippen molar-refractivity contribution in [3.8, 4) is 5.75 Å². The van der Waals surface area contributed by atoms with Crippen molar-refractivity contribution < 1.29 is 19.1 Å². The quantitative estimate of drug-likeness (QED) is 0.729. The molecule has 138 valence electrons. The molecule has 1 N–H and O–H groups in total. The van der Waals surface area contributed by atoms with Gasteiger partial charge in [-0.25, -0.2) is 0 Å². The molecule has 25 heavy (non-hydrogen) atoms. The number of nitrogens with zero attached hydrogens (tertiary/aromatic N) is 1. The molecular formula is C19H28N2O4. The molecule has 6 heteroatoms. The standard InChI is InChI=1S/C19H28N2O4/c1-15-5-7-17(8-6-15)25-13-3-4-19(23)21-11-9-16(10-12-21)20-18(22)14-24-2/h5-8,16H,3-4,9-14H2,1-2H3,(H,20,22). The van der Waals surface area contributed by atoms with E-state index in [0.29, 0.717) is 32.5 Å². The summed E-state index contributed by atoms with van der Waals surface area (Å²) < 4.78 is 10.5. The smallest absolute Gasteiger partial charge is 0.246 e. The van der Waals surface area contributed by atoms with Crippen LogP contribution in [0.4, 0.5) is 0 Å². The number of carbonyl (C=O) groups excluding carboxylic acids is 2. The van der Waals surface area contributed by atoms with Gasteiger partial charge in [-0.15, -0.1) is 0 Å². The number of nitrogens with one attached hydrogen (secondary N) is 1. The van der Waals surface area contributed by atoms with Crippen LogP contribution in [-0.2, 0) is 14.3 Å². The zero-order valence-corrected chi connectivity index (χ0v) is 15.1. The molecule has 6 nitrogen and oxygen atoms in total. The van der Waals surface area contributed by atoms with Crippen molar-refractivity contribution in [2.24, 2.45) is 0 Å². The normalized spacial score (nSPS) is 15.0. The minimum atomic E-state index is -0.0967. The van der Waals surface area contributed by atoms with E-state index < -0.39 is 0 Å². The maximum absolute atomic E-state index is 12.2. The van der Waals surface area contributed by atoms with Crippen LogP contribution in [0.3, 0.4) is 0 Å². The van der Waals surface area contributed by atoms with Gasteiger partial charge in [-0.05, 0) is 38.3 Å². The molecule has 1 saturated heterocycles. The molecule has 1 fully saturated rings. The van der Waals surface area contributed by atoms with Gasteiger partial charge in [0.05, 0.1) is 6.61 Å². The molecule has 0 atom stereocenters. The highest BCUT2D eigenvalue weighted by molar-refractivity contribution is 5.78. The van der Waals surface area contributed by atoms with E-state index in [4.69, 9.17) is 9.47 Å². The van der Waals surface area contributed by atoms with Crippen molar-refractivity contribution in [3.05, 3.63) is 29.8 Å². The van der Waals surface area contributed by atoms with Gasteiger partial charge in [0, 0.05) is 32.7 Å². The Kier molecular flexibility index (Phi) is 7.73. The van der Waals surface area contributed by atoms with Crippen molar-refractivity contribution in [2.75, 3.05) is 33.4 Å². The van der Waals surface area contributed by atoms with Crippen molar-refractivity contribution in [3.63, 3.8) is 0 Å². The van der Waals surface area contributed by atoms with Crippen LogP contribution in [0.25, 0.3) is 0 Å². The fourth-order valence-electron chi connectivity index (χ4n) is 2.88. The maximum atomic E-state index is 12.2. The zero-order valence-electron chi connectivity index (χ0n) is 15.1. The summed E-state index contributed by atoms with van der Waals surface area (Å²) in [6.07, 6.45) is 2.78.